The van der Waals surface area contributed by atoms with Crippen molar-refractivity contribution in [1.82, 2.24) is 10.6 Å². The van der Waals surface area contributed by atoms with Gasteiger partial charge >= 0.3 is 6.61 Å². The number of para-hydroxylation sites is 1. The van der Waals surface area contributed by atoms with E-state index >= 15 is 0 Å². The lowest BCUT2D eigenvalue weighted by molar-refractivity contribution is -0.120. The Kier molecular flexibility index (Phi) is 11.3. The van der Waals surface area contributed by atoms with Crippen LogP contribution in [0.3, 0.4) is 0 Å². The van der Waals surface area contributed by atoms with E-state index in [1.165, 1.54) is 6.07 Å². The fourth-order valence-corrected chi connectivity index (χ4v) is 1.69. The number of benzene rings is 1. The number of carbonyl (C=O) groups excluding carboxylic acids is 1. The Morgan fingerprint density at radius 1 is 1.23 bits per heavy atom. The maximum absolute atomic E-state index is 12.2. The van der Waals surface area contributed by atoms with Crippen molar-refractivity contribution in [3.63, 3.8) is 0 Å². The van der Waals surface area contributed by atoms with E-state index in [0.717, 1.165) is 0 Å². The van der Waals surface area contributed by atoms with Crippen LogP contribution in [-0.2, 0) is 16.0 Å². The molecule has 0 radical (unpaired) electrons. The summed E-state index contributed by atoms with van der Waals surface area (Å²) in [4.78, 5) is 11.7. The van der Waals surface area contributed by atoms with Gasteiger partial charge in [-0.3, -0.25) is 4.79 Å². The zero-order chi connectivity index (χ0) is 15.5. The van der Waals surface area contributed by atoms with Crippen LogP contribution in [-0.4, -0.2) is 45.9 Å². The van der Waals surface area contributed by atoms with Crippen LogP contribution in [0.5, 0.6) is 5.75 Å². The molecule has 0 bridgehead atoms. The third kappa shape index (κ3) is 8.76. The number of hydrogen-bond acceptors (Lipinski definition) is 4. The van der Waals surface area contributed by atoms with Crippen molar-refractivity contribution in [2.45, 2.75) is 13.0 Å². The highest BCUT2D eigenvalue weighted by atomic mass is 35.5. The molecule has 0 aliphatic carbocycles. The maximum Gasteiger partial charge on any atom is 0.387 e. The van der Waals surface area contributed by atoms with Crippen molar-refractivity contribution in [1.29, 1.82) is 0 Å². The van der Waals surface area contributed by atoms with Crippen LogP contribution in [0.2, 0.25) is 0 Å². The van der Waals surface area contributed by atoms with Crippen LogP contribution in [0.4, 0.5) is 8.78 Å². The molecule has 22 heavy (non-hydrogen) atoms. The van der Waals surface area contributed by atoms with Gasteiger partial charge in [-0.05, 0) is 6.07 Å². The molecule has 0 saturated carbocycles. The standard InChI is InChI=1S/C14H20F2N2O3.ClH/c1-20-9-8-17-6-7-18-13(19)10-11-4-2-3-5-12(11)21-14(15)16;/h2-5,14,17H,6-10H2,1H3,(H,18,19);1H. The van der Waals surface area contributed by atoms with Gasteiger partial charge in [0.1, 0.15) is 5.75 Å². The van der Waals surface area contributed by atoms with Crippen LogP contribution in [0.15, 0.2) is 24.3 Å². The molecule has 8 heteroatoms. The molecule has 0 aliphatic rings. The molecular weight excluding hydrogens is 318 g/mol. The SMILES string of the molecule is COCCNCCNC(=O)Cc1ccccc1OC(F)F.Cl. The van der Waals surface area contributed by atoms with Gasteiger partial charge in [-0.1, -0.05) is 18.2 Å². The number of amides is 1. The Morgan fingerprint density at radius 3 is 2.64 bits per heavy atom. The summed E-state index contributed by atoms with van der Waals surface area (Å²) >= 11 is 0. The van der Waals surface area contributed by atoms with Crippen LogP contribution in [0.25, 0.3) is 0 Å². The van der Waals surface area contributed by atoms with Crippen molar-refractivity contribution in [2.24, 2.45) is 0 Å². The van der Waals surface area contributed by atoms with Gasteiger partial charge in [0.25, 0.3) is 0 Å². The predicted molar refractivity (Wildman–Crippen MR) is 81.8 cm³/mol. The molecule has 5 nitrogen and oxygen atoms in total. The summed E-state index contributed by atoms with van der Waals surface area (Å²) in [6.07, 6.45) is 0.000957. The molecule has 0 saturated heterocycles. The van der Waals surface area contributed by atoms with Crippen molar-refractivity contribution in [3.8, 4) is 5.75 Å². The molecule has 2 N–H and O–H groups in total. The van der Waals surface area contributed by atoms with Gasteiger partial charge in [0.15, 0.2) is 0 Å². The summed E-state index contributed by atoms with van der Waals surface area (Å²) in [7, 11) is 1.61. The lowest BCUT2D eigenvalue weighted by Crippen LogP contribution is -2.33. The number of nitrogens with one attached hydrogen (secondary N) is 2. The van der Waals surface area contributed by atoms with E-state index in [-0.39, 0.29) is 30.5 Å². The molecule has 126 valence electrons. The Morgan fingerprint density at radius 2 is 1.95 bits per heavy atom. The van der Waals surface area contributed by atoms with Gasteiger partial charge in [0, 0.05) is 32.3 Å². The Hall–Kier alpha value is -1.44. The number of ether oxygens (including phenoxy) is 2. The fraction of sp³-hybridized carbons (Fsp3) is 0.500. The molecule has 1 aromatic rings. The van der Waals surface area contributed by atoms with E-state index < -0.39 is 6.61 Å². The molecule has 1 amide bonds. The first kappa shape index (κ1) is 20.6. The van der Waals surface area contributed by atoms with E-state index in [9.17, 15) is 13.6 Å². The number of alkyl halides is 2. The van der Waals surface area contributed by atoms with Crippen LogP contribution >= 0.6 is 12.4 Å². The number of hydrogen-bond donors (Lipinski definition) is 2. The Labute approximate surface area is 134 Å². The zero-order valence-corrected chi connectivity index (χ0v) is 13.1. The quantitative estimate of drug-likeness (QED) is 0.636. The molecule has 0 heterocycles. The summed E-state index contributed by atoms with van der Waals surface area (Å²) in [6, 6.07) is 6.27. The minimum absolute atomic E-state index is 0. The third-order valence-electron chi connectivity index (χ3n) is 2.65. The van der Waals surface area contributed by atoms with Crippen molar-refractivity contribution >= 4 is 18.3 Å². The summed E-state index contributed by atoms with van der Waals surface area (Å²) in [5.74, 6) is -0.213. The second-order valence-electron chi connectivity index (χ2n) is 4.26. The van der Waals surface area contributed by atoms with E-state index in [2.05, 4.69) is 15.4 Å². The molecule has 0 atom stereocenters. The second kappa shape index (κ2) is 12.1. The molecule has 1 aromatic carbocycles. The first-order valence-corrected chi connectivity index (χ1v) is 6.62. The number of halogens is 3. The minimum atomic E-state index is -2.90. The first-order chi connectivity index (χ1) is 10.1. The highest BCUT2D eigenvalue weighted by Gasteiger charge is 2.11. The molecule has 0 unspecified atom stereocenters. The van der Waals surface area contributed by atoms with E-state index in [0.29, 0.717) is 31.8 Å². The minimum Gasteiger partial charge on any atom is -0.435 e. The van der Waals surface area contributed by atoms with E-state index in [1.807, 2.05) is 0 Å². The highest BCUT2D eigenvalue weighted by Crippen LogP contribution is 2.20. The van der Waals surface area contributed by atoms with Gasteiger partial charge < -0.3 is 20.1 Å². The molecule has 0 aromatic heterocycles. The van der Waals surface area contributed by atoms with Crippen LogP contribution in [0, 0.1) is 0 Å². The van der Waals surface area contributed by atoms with E-state index in [4.69, 9.17) is 4.74 Å². The fourth-order valence-electron chi connectivity index (χ4n) is 1.69. The van der Waals surface area contributed by atoms with Crippen LogP contribution < -0.4 is 15.4 Å². The number of carbonyl (C=O) groups is 1. The average Bonchev–Trinajstić information content (AvgIpc) is 2.44. The summed E-state index contributed by atoms with van der Waals surface area (Å²) in [5.41, 5.74) is 0.433. The second-order valence-corrected chi connectivity index (χ2v) is 4.26. The topological polar surface area (TPSA) is 59.6 Å². The van der Waals surface area contributed by atoms with Crippen molar-refractivity contribution < 1.29 is 23.0 Å². The van der Waals surface area contributed by atoms with Gasteiger partial charge in [-0.25, -0.2) is 0 Å². The van der Waals surface area contributed by atoms with Crippen LogP contribution in [0.1, 0.15) is 5.56 Å². The van der Waals surface area contributed by atoms with E-state index in [1.54, 1.807) is 25.3 Å². The van der Waals surface area contributed by atoms with Gasteiger partial charge in [-0.15, -0.1) is 12.4 Å². The Balaban J connectivity index is 0.00000441. The largest absolute Gasteiger partial charge is 0.435 e. The number of methoxy groups -OCH3 is 1. The monoisotopic (exact) mass is 338 g/mol. The van der Waals surface area contributed by atoms with Crippen molar-refractivity contribution in [3.05, 3.63) is 29.8 Å². The first-order valence-electron chi connectivity index (χ1n) is 6.62. The van der Waals surface area contributed by atoms with Gasteiger partial charge in [0.2, 0.25) is 5.91 Å². The molecular formula is C14H21ClF2N2O3. The number of rotatable bonds is 10. The van der Waals surface area contributed by atoms with Crippen molar-refractivity contribution in [2.75, 3.05) is 33.4 Å². The molecule has 1 rings (SSSR count). The molecule has 0 aliphatic heterocycles. The predicted octanol–water partition coefficient (Wildman–Crippen LogP) is 1.60. The van der Waals surface area contributed by atoms with Gasteiger partial charge in [0.05, 0.1) is 13.0 Å². The Bertz CT molecular complexity index is 436. The molecule has 0 fully saturated rings. The maximum atomic E-state index is 12.2. The average molecular weight is 339 g/mol. The van der Waals surface area contributed by atoms with Gasteiger partial charge in [-0.2, -0.15) is 8.78 Å². The zero-order valence-electron chi connectivity index (χ0n) is 12.3. The smallest absolute Gasteiger partial charge is 0.387 e. The summed E-state index contributed by atoms with van der Waals surface area (Å²) in [6.45, 7) is -0.520. The normalized spacial score (nSPS) is 10.2. The lowest BCUT2D eigenvalue weighted by atomic mass is 10.1. The molecule has 0 spiro atoms. The highest BCUT2D eigenvalue weighted by molar-refractivity contribution is 5.85. The summed E-state index contributed by atoms with van der Waals surface area (Å²) in [5, 5.41) is 5.78. The third-order valence-corrected chi connectivity index (χ3v) is 2.65. The summed E-state index contributed by atoms with van der Waals surface area (Å²) < 4.78 is 33.7. The lowest BCUT2D eigenvalue weighted by Gasteiger charge is -2.11.